The van der Waals surface area contributed by atoms with Gasteiger partial charge in [0.15, 0.2) is 0 Å². The van der Waals surface area contributed by atoms with Crippen LogP contribution in [0.5, 0.6) is 0 Å². The fraction of sp³-hybridized carbons (Fsp3) is 1.00. The van der Waals surface area contributed by atoms with Crippen molar-refractivity contribution in [3.63, 3.8) is 0 Å². The summed E-state index contributed by atoms with van der Waals surface area (Å²) in [6.45, 7) is 2.27. The van der Waals surface area contributed by atoms with Gasteiger partial charge in [0.1, 0.15) is 0 Å². The molecule has 4 nitrogen and oxygen atoms in total. The molecule has 0 rings (SSSR count). The molecule has 176 valence electrons. The Morgan fingerprint density at radius 3 is 1.23 bits per heavy atom. The molecule has 0 aromatic carbocycles. The van der Waals surface area contributed by atoms with Gasteiger partial charge in [0.2, 0.25) is 0 Å². The van der Waals surface area contributed by atoms with E-state index in [1.54, 1.807) is 0 Å². The standard InChI is InChI=1S/C24H50O4S.Na/c1-2-3-4-5-6-7-8-9-10-11-12-13-14-15-16-17-18-19-21-24(25)22-20-23-29(26,27)28;/h24-25H,2-23H2,1H3,(H,26,27,28);/q;+1/p-1. The van der Waals surface area contributed by atoms with Crippen LogP contribution in [-0.2, 0) is 10.1 Å². The van der Waals surface area contributed by atoms with Crippen LogP contribution in [0, 0.1) is 0 Å². The van der Waals surface area contributed by atoms with E-state index in [-0.39, 0.29) is 41.7 Å². The van der Waals surface area contributed by atoms with Gasteiger partial charge >= 0.3 is 29.6 Å². The molecule has 0 heterocycles. The van der Waals surface area contributed by atoms with Crippen LogP contribution in [0.1, 0.15) is 142 Å². The summed E-state index contributed by atoms with van der Waals surface area (Å²) in [5.41, 5.74) is 0. The van der Waals surface area contributed by atoms with Crippen molar-refractivity contribution in [3.8, 4) is 0 Å². The molecule has 0 aromatic heterocycles. The first-order valence-electron chi connectivity index (χ1n) is 12.6. The van der Waals surface area contributed by atoms with Gasteiger partial charge in [-0.05, 0) is 19.3 Å². The minimum absolute atomic E-state index is 0. The Hall–Kier alpha value is 0.870. The first-order valence-corrected chi connectivity index (χ1v) is 14.1. The smallest absolute Gasteiger partial charge is 0.748 e. The molecule has 6 heteroatoms. The third-order valence-corrected chi connectivity index (χ3v) is 6.61. The second-order valence-corrected chi connectivity index (χ2v) is 10.4. The third-order valence-electron chi connectivity index (χ3n) is 5.82. The molecule has 1 N–H and O–H groups in total. The fourth-order valence-electron chi connectivity index (χ4n) is 3.92. The van der Waals surface area contributed by atoms with Gasteiger partial charge in [-0.2, -0.15) is 0 Å². The Labute approximate surface area is 210 Å². The molecule has 0 aliphatic carbocycles. The molecule has 30 heavy (non-hydrogen) atoms. The predicted octanol–water partition coefficient (Wildman–Crippen LogP) is 4.11. The second kappa shape index (κ2) is 24.5. The maximum absolute atomic E-state index is 10.5. The molecular formula is C24H49NaO4S. The Bertz CT molecular complexity index is 429. The first-order chi connectivity index (χ1) is 14.0. The maximum atomic E-state index is 10.5. The van der Waals surface area contributed by atoms with E-state index in [1.165, 1.54) is 103 Å². The predicted molar refractivity (Wildman–Crippen MR) is 123 cm³/mol. The van der Waals surface area contributed by atoms with E-state index in [1.807, 2.05) is 0 Å². The largest absolute Gasteiger partial charge is 1.00 e. The Morgan fingerprint density at radius 2 is 0.900 bits per heavy atom. The molecule has 0 spiro atoms. The normalized spacial score (nSPS) is 12.6. The summed E-state index contributed by atoms with van der Waals surface area (Å²) in [7, 11) is -4.13. The zero-order valence-electron chi connectivity index (χ0n) is 20.2. The Balaban J connectivity index is 0. The number of unbranched alkanes of at least 4 members (excludes halogenated alkanes) is 17. The molecule has 0 bridgehead atoms. The maximum Gasteiger partial charge on any atom is 1.00 e. The summed E-state index contributed by atoms with van der Waals surface area (Å²) >= 11 is 0. The SMILES string of the molecule is CCCCCCCCCCCCCCCCCCCCC(O)CCCS(=O)(=O)[O-].[Na+]. The van der Waals surface area contributed by atoms with E-state index in [0.29, 0.717) is 6.42 Å². The van der Waals surface area contributed by atoms with E-state index in [2.05, 4.69) is 6.92 Å². The third kappa shape index (κ3) is 28.9. The fourth-order valence-corrected chi connectivity index (χ4v) is 4.44. The van der Waals surface area contributed by atoms with E-state index in [4.69, 9.17) is 0 Å². The molecule has 0 fully saturated rings. The van der Waals surface area contributed by atoms with Gasteiger partial charge in [0, 0.05) is 5.75 Å². The van der Waals surface area contributed by atoms with E-state index in [0.717, 1.165) is 19.3 Å². The molecule has 0 saturated carbocycles. The molecular weight excluding hydrogens is 407 g/mol. The van der Waals surface area contributed by atoms with Crippen molar-refractivity contribution in [3.05, 3.63) is 0 Å². The van der Waals surface area contributed by atoms with Crippen LogP contribution in [-0.4, -0.2) is 29.9 Å². The van der Waals surface area contributed by atoms with E-state index >= 15 is 0 Å². The minimum atomic E-state index is -4.13. The monoisotopic (exact) mass is 456 g/mol. The van der Waals surface area contributed by atoms with E-state index in [9.17, 15) is 18.1 Å². The molecule has 0 amide bonds. The van der Waals surface area contributed by atoms with Crippen molar-refractivity contribution >= 4 is 10.1 Å². The van der Waals surface area contributed by atoms with Gasteiger partial charge in [-0.15, -0.1) is 0 Å². The van der Waals surface area contributed by atoms with Crippen molar-refractivity contribution < 1.29 is 47.6 Å². The van der Waals surface area contributed by atoms with Gasteiger partial charge in [-0.25, -0.2) is 8.42 Å². The summed E-state index contributed by atoms with van der Waals surface area (Å²) in [6.07, 6.45) is 25.2. The molecule has 0 aromatic rings. The van der Waals surface area contributed by atoms with Crippen LogP contribution in [0.25, 0.3) is 0 Å². The zero-order chi connectivity index (χ0) is 21.6. The number of aliphatic hydroxyl groups is 1. The van der Waals surface area contributed by atoms with Crippen LogP contribution < -0.4 is 29.6 Å². The van der Waals surface area contributed by atoms with E-state index < -0.39 is 16.2 Å². The molecule has 0 aliphatic heterocycles. The molecule has 0 aliphatic rings. The van der Waals surface area contributed by atoms with Gasteiger partial charge in [-0.3, -0.25) is 0 Å². The topological polar surface area (TPSA) is 77.4 Å². The van der Waals surface area contributed by atoms with Crippen molar-refractivity contribution in [2.75, 3.05) is 5.75 Å². The number of aliphatic hydroxyl groups excluding tert-OH is 1. The molecule has 0 radical (unpaired) electrons. The average Bonchev–Trinajstić information content (AvgIpc) is 2.66. The summed E-state index contributed by atoms with van der Waals surface area (Å²) in [6, 6.07) is 0. The number of hydrogen-bond acceptors (Lipinski definition) is 4. The molecule has 1 unspecified atom stereocenters. The van der Waals surface area contributed by atoms with Crippen LogP contribution >= 0.6 is 0 Å². The summed E-state index contributed by atoms with van der Waals surface area (Å²) < 4.78 is 31.5. The van der Waals surface area contributed by atoms with Gasteiger partial charge < -0.3 is 9.66 Å². The first kappa shape index (κ1) is 33.0. The number of rotatable bonds is 23. The zero-order valence-corrected chi connectivity index (χ0v) is 23.0. The minimum Gasteiger partial charge on any atom is -0.748 e. The van der Waals surface area contributed by atoms with Gasteiger partial charge in [0.05, 0.1) is 16.2 Å². The van der Waals surface area contributed by atoms with Crippen molar-refractivity contribution in [1.82, 2.24) is 0 Å². The van der Waals surface area contributed by atoms with Crippen molar-refractivity contribution in [1.29, 1.82) is 0 Å². The van der Waals surface area contributed by atoms with Crippen LogP contribution in [0.2, 0.25) is 0 Å². The van der Waals surface area contributed by atoms with Gasteiger partial charge in [-0.1, -0.05) is 122 Å². The van der Waals surface area contributed by atoms with Crippen molar-refractivity contribution in [2.45, 2.75) is 148 Å². The summed E-state index contributed by atoms with van der Waals surface area (Å²) in [4.78, 5) is 0. The van der Waals surface area contributed by atoms with Crippen LogP contribution in [0.4, 0.5) is 0 Å². The number of hydrogen-bond donors (Lipinski definition) is 1. The Morgan fingerprint density at radius 1 is 0.600 bits per heavy atom. The quantitative estimate of drug-likeness (QED) is 0.143. The van der Waals surface area contributed by atoms with Crippen LogP contribution in [0.3, 0.4) is 0 Å². The second-order valence-electron chi connectivity index (χ2n) is 8.86. The summed E-state index contributed by atoms with van der Waals surface area (Å²) in [5, 5.41) is 9.78. The molecule has 1 atom stereocenters. The van der Waals surface area contributed by atoms with Gasteiger partial charge in [0.25, 0.3) is 0 Å². The van der Waals surface area contributed by atoms with Crippen molar-refractivity contribution in [2.24, 2.45) is 0 Å². The summed E-state index contributed by atoms with van der Waals surface area (Å²) in [5.74, 6) is -0.358. The molecule has 0 saturated heterocycles. The van der Waals surface area contributed by atoms with Crippen LogP contribution in [0.15, 0.2) is 0 Å². The average molecular weight is 457 g/mol. The Kier molecular flexibility index (Phi) is 27.0.